The van der Waals surface area contributed by atoms with Crippen LogP contribution in [0, 0.1) is 4.91 Å². The van der Waals surface area contributed by atoms with Crippen LogP contribution in [0.25, 0.3) is 0 Å². The SMILES string of the molecule is CCCCOC(=O)c1cc(CN=O)cnc1C(=O)O. The van der Waals surface area contributed by atoms with Crippen LogP contribution in [0.2, 0.25) is 0 Å². The van der Waals surface area contributed by atoms with Crippen molar-refractivity contribution in [3.8, 4) is 0 Å². The quantitative estimate of drug-likeness (QED) is 0.459. The van der Waals surface area contributed by atoms with Gasteiger partial charge in [-0.15, -0.1) is 0 Å². The molecule has 1 heterocycles. The lowest BCUT2D eigenvalue weighted by atomic mass is 10.1. The van der Waals surface area contributed by atoms with Crippen LogP contribution in [-0.4, -0.2) is 28.6 Å². The largest absolute Gasteiger partial charge is 0.476 e. The number of carboxylic acids is 1. The molecule has 19 heavy (non-hydrogen) atoms. The summed E-state index contributed by atoms with van der Waals surface area (Å²) >= 11 is 0. The molecule has 7 nitrogen and oxygen atoms in total. The highest BCUT2D eigenvalue weighted by Crippen LogP contribution is 2.12. The molecule has 7 heteroatoms. The highest BCUT2D eigenvalue weighted by molar-refractivity contribution is 6.01. The van der Waals surface area contributed by atoms with Crippen molar-refractivity contribution in [3.63, 3.8) is 0 Å². The van der Waals surface area contributed by atoms with E-state index in [9.17, 15) is 14.5 Å². The summed E-state index contributed by atoms with van der Waals surface area (Å²) in [6.07, 6.45) is 2.75. The Kier molecular flexibility index (Phi) is 5.59. The van der Waals surface area contributed by atoms with Crippen molar-refractivity contribution < 1.29 is 19.4 Å². The number of carbonyl (C=O) groups excluding carboxylic acids is 1. The summed E-state index contributed by atoms with van der Waals surface area (Å²) in [6.45, 7) is 1.97. The smallest absolute Gasteiger partial charge is 0.355 e. The second-order valence-electron chi connectivity index (χ2n) is 3.82. The zero-order valence-corrected chi connectivity index (χ0v) is 10.5. The predicted molar refractivity (Wildman–Crippen MR) is 65.9 cm³/mol. The van der Waals surface area contributed by atoms with Gasteiger partial charge in [-0.1, -0.05) is 18.5 Å². The van der Waals surface area contributed by atoms with E-state index in [1.54, 1.807) is 0 Å². The lowest BCUT2D eigenvalue weighted by Gasteiger charge is -2.07. The number of nitroso groups, excluding NO2 is 1. The molecule has 0 saturated carbocycles. The molecule has 0 aliphatic heterocycles. The maximum Gasteiger partial charge on any atom is 0.355 e. The lowest BCUT2D eigenvalue weighted by Crippen LogP contribution is -2.14. The Hall–Kier alpha value is -2.31. The third-order valence-electron chi connectivity index (χ3n) is 2.34. The van der Waals surface area contributed by atoms with E-state index >= 15 is 0 Å². The Bertz CT molecular complexity index is 487. The molecule has 0 amide bonds. The zero-order chi connectivity index (χ0) is 14.3. The van der Waals surface area contributed by atoms with Crippen LogP contribution in [0.3, 0.4) is 0 Å². The van der Waals surface area contributed by atoms with Crippen LogP contribution in [0.4, 0.5) is 0 Å². The average molecular weight is 266 g/mol. The van der Waals surface area contributed by atoms with Gasteiger partial charge in [0.2, 0.25) is 0 Å². The number of carbonyl (C=O) groups is 2. The van der Waals surface area contributed by atoms with Gasteiger partial charge in [-0.05, 0) is 18.1 Å². The van der Waals surface area contributed by atoms with E-state index in [0.717, 1.165) is 6.42 Å². The summed E-state index contributed by atoms with van der Waals surface area (Å²) in [6, 6.07) is 1.27. The van der Waals surface area contributed by atoms with Crippen molar-refractivity contribution in [2.24, 2.45) is 5.18 Å². The second kappa shape index (κ2) is 7.20. The monoisotopic (exact) mass is 266 g/mol. The van der Waals surface area contributed by atoms with Crippen LogP contribution in [0.1, 0.15) is 46.2 Å². The van der Waals surface area contributed by atoms with E-state index in [-0.39, 0.29) is 18.7 Å². The number of rotatable bonds is 7. The lowest BCUT2D eigenvalue weighted by molar-refractivity contribution is 0.0487. The molecule has 1 aromatic heterocycles. The zero-order valence-electron chi connectivity index (χ0n) is 10.5. The van der Waals surface area contributed by atoms with Gasteiger partial charge < -0.3 is 9.84 Å². The van der Waals surface area contributed by atoms with E-state index < -0.39 is 17.6 Å². The van der Waals surface area contributed by atoms with Gasteiger partial charge >= 0.3 is 11.9 Å². The van der Waals surface area contributed by atoms with Gasteiger partial charge in [-0.3, -0.25) is 0 Å². The number of carboxylic acid groups (broad SMARTS) is 1. The fraction of sp³-hybridized carbons (Fsp3) is 0.417. The normalized spacial score (nSPS) is 9.95. The Labute approximate surface area is 109 Å². The molecule has 0 aromatic carbocycles. The number of ether oxygens (including phenoxy) is 1. The van der Waals surface area contributed by atoms with Crippen LogP contribution < -0.4 is 0 Å². The minimum Gasteiger partial charge on any atom is -0.476 e. The Balaban J connectivity index is 2.99. The van der Waals surface area contributed by atoms with Gasteiger partial charge in [0.05, 0.1) is 12.2 Å². The molecule has 0 fully saturated rings. The standard InChI is InChI=1S/C12H14N2O5/c1-2-3-4-19-12(17)9-5-8(7-14-18)6-13-10(9)11(15)16/h5-6H,2-4,7H2,1H3,(H,15,16). The summed E-state index contributed by atoms with van der Waals surface area (Å²) < 4.78 is 4.94. The van der Waals surface area contributed by atoms with Gasteiger partial charge in [0.15, 0.2) is 5.69 Å². The number of aromatic carboxylic acids is 1. The number of hydrogen-bond donors (Lipinski definition) is 1. The summed E-state index contributed by atoms with van der Waals surface area (Å²) in [5, 5.41) is 11.6. The maximum absolute atomic E-state index is 11.8. The van der Waals surface area contributed by atoms with E-state index in [1.807, 2.05) is 6.92 Å². The molecule has 0 bridgehead atoms. The molecule has 0 unspecified atom stereocenters. The van der Waals surface area contributed by atoms with Crippen molar-refractivity contribution in [3.05, 3.63) is 34.0 Å². The molecule has 0 aliphatic rings. The molecule has 0 aliphatic carbocycles. The first-order valence-corrected chi connectivity index (χ1v) is 5.78. The van der Waals surface area contributed by atoms with Crippen LogP contribution in [-0.2, 0) is 11.3 Å². The molecule has 1 aromatic rings. The maximum atomic E-state index is 11.8. The molecule has 0 radical (unpaired) electrons. The molecular weight excluding hydrogens is 252 g/mol. The van der Waals surface area contributed by atoms with Crippen molar-refractivity contribution in [1.29, 1.82) is 0 Å². The number of pyridine rings is 1. The van der Waals surface area contributed by atoms with Crippen LogP contribution >= 0.6 is 0 Å². The van der Waals surface area contributed by atoms with Crippen molar-refractivity contribution in [2.45, 2.75) is 26.3 Å². The molecule has 1 N–H and O–H groups in total. The van der Waals surface area contributed by atoms with E-state index in [2.05, 4.69) is 10.2 Å². The third-order valence-corrected chi connectivity index (χ3v) is 2.34. The predicted octanol–water partition coefficient (Wildman–Crippen LogP) is 2.00. The van der Waals surface area contributed by atoms with Crippen molar-refractivity contribution >= 4 is 11.9 Å². The Morgan fingerprint density at radius 3 is 2.79 bits per heavy atom. The number of unbranched alkanes of at least 4 members (excludes halogenated alkanes) is 1. The molecule has 1 rings (SSSR count). The third kappa shape index (κ3) is 4.13. The fourth-order valence-electron chi connectivity index (χ4n) is 1.38. The van der Waals surface area contributed by atoms with Crippen LogP contribution in [0.15, 0.2) is 17.4 Å². The minimum atomic E-state index is -1.33. The van der Waals surface area contributed by atoms with Crippen LogP contribution in [0.5, 0.6) is 0 Å². The van der Waals surface area contributed by atoms with Gasteiger partial charge in [-0.25, -0.2) is 14.6 Å². The van der Waals surface area contributed by atoms with Gasteiger partial charge in [0.1, 0.15) is 6.54 Å². The molecule has 0 spiro atoms. The van der Waals surface area contributed by atoms with Crippen molar-refractivity contribution in [2.75, 3.05) is 6.61 Å². The fourth-order valence-corrected chi connectivity index (χ4v) is 1.38. The number of hydrogen-bond acceptors (Lipinski definition) is 6. The average Bonchev–Trinajstić information content (AvgIpc) is 2.39. The van der Waals surface area contributed by atoms with Gasteiger partial charge in [-0.2, -0.15) is 4.91 Å². The van der Waals surface area contributed by atoms with Gasteiger partial charge in [0, 0.05) is 6.20 Å². The van der Waals surface area contributed by atoms with Gasteiger partial charge in [0.25, 0.3) is 0 Å². The summed E-state index contributed by atoms with van der Waals surface area (Å²) in [5.74, 6) is -2.08. The first kappa shape index (κ1) is 14.7. The molecule has 102 valence electrons. The number of esters is 1. The van der Waals surface area contributed by atoms with E-state index in [4.69, 9.17) is 9.84 Å². The number of aromatic nitrogens is 1. The van der Waals surface area contributed by atoms with E-state index in [0.29, 0.717) is 12.0 Å². The Morgan fingerprint density at radius 1 is 1.47 bits per heavy atom. The number of nitrogens with zero attached hydrogens (tertiary/aromatic N) is 2. The van der Waals surface area contributed by atoms with Crippen molar-refractivity contribution in [1.82, 2.24) is 4.98 Å². The highest BCUT2D eigenvalue weighted by atomic mass is 16.5. The molecule has 0 saturated heterocycles. The summed E-state index contributed by atoms with van der Waals surface area (Å²) in [5.41, 5.74) is -0.191. The Morgan fingerprint density at radius 2 is 2.21 bits per heavy atom. The molecule has 0 atom stereocenters. The topological polar surface area (TPSA) is 106 Å². The van der Waals surface area contributed by atoms with E-state index in [1.165, 1.54) is 12.3 Å². The minimum absolute atomic E-state index is 0.162. The first-order valence-electron chi connectivity index (χ1n) is 5.78. The first-order chi connectivity index (χ1) is 9.10. The summed E-state index contributed by atoms with van der Waals surface area (Å²) in [7, 11) is 0. The highest BCUT2D eigenvalue weighted by Gasteiger charge is 2.20. The second-order valence-corrected chi connectivity index (χ2v) is 3.82. The molecular formula is C12H14N2O5. The summed E-state index contributed by atoms with van der Waals surface area (Å²) in [4.78, 5) is 36.6.